The minimum atomic E-state index is -2.60. The Morgan fingerprint density at radius 3 is 2.83 bits per heavy atom. The van der Waals surface area contributed by atoms with Crippen LogP contribution < -0.4 is 10.6 Å². The molecule has 0 radical (unpaired) electrons. The second-order valence-corrected chi connectivity index (χ2v) is 5.20. The summed E-state index contributed by atoms with van der Waals surface area (Å²) in [5, 5.41) is 6.78. The molecule has 0 aliphatic rings. The molecule has 0 bridgehead atoms. The summed E-state index contributed by atoms with van der Waals surface area (Å²) in [5.74, 6) is 0.772. The third-order valence-corrected chi connectivity index (χ3v) is 3.43. The van der Waals surface area contributed by atoms with Gasteiger partial charge in [0.05, 0.1) is 6.54 Å². The monoisotopic (exact) mass is 469 g/mol. The predicted octanol–water partition coefficient (Wildman–Crippen LogP) is 3.46. The highest BCUT2D eigenvalue weighted by atomic mass is 127. The third-order valence-electron chi connectivity index (χ3n) is 3.19. The van der Waals surface area contributed by atoms with Crippen molar-refractivity contribution in [2.45, 2.75) is 19.5 Å². The molecule has 1 aromatic heterocycles. The van der Waals surface area contributed by atoms with Crippen LogP contribution >= 0.6 is 35.6 Å². The maximum Gasteiger partial charge on any atom is 0.319 e. The van der Waals surface area contributed by atoms with Crippen molar-refractivity contribution in [3.05, 3.63) is 53.1 Å². The highest BCUT2D eigenvalue weighted by Crippen LogP contribution is 2.12. The summed E-state index contributed by atoms with van der Waals surface area (Å²) in [6, 6.07) is 7.61. The Bertz CT molecular complexity index is 663. The van der Waals surface area contributed by atoms with Gasteiger partial charge < -0.3 is 10.6 Å². The molecule has 0 aliphatic heterocycles. The summed E-state index contributed by atoms with van der Waals surface area (Å²) >= 11 is 5.93. The number of hydrogen-bond acceptors (Lipinski definition) is 2. The molecule has 1 aromatic carbocycles. The molecule has 0 aliphatic carbocycles. The molecule has 0 unspecified atom stereocenters. The Labute approximate surface area is 161 Å². The smallest absolute Gasteiger partial charge is 0.319 e. The van der Waals surface area contributed by atoms with Crippen molar-refractivity contribution < 1.29 is 8.78 Å². The molecule has 2 rings (SSSR count). The highest BCUT2D eigenvalue weighted by Gasteiger charge is 2.11. The number of halogens is 4. The van der Waals surface area contributed by atoms with Gasteiger partial charge in [-0.05, 0) is 24.1 Å². The molecule has 0 amide bonds. The van der Waals surface area contributed by atoms with Crippen molar-refractivity contribution in [2.24, 2.45) is 4.99 Å². The second-order valence-electron chi connectivity index (χ2n) is 4.76. The van der Waals surface area contributed by atoms with Gasteiger partial charge in [-0.2, -0.15) is 8.78 Å². The van der Waals surface area contributed by atoms with E-state index in [9.17, 15) is 8.78 Å². The zero-order valence-corrected chi connectivity index (χ0v) is 16.1. The molecule has 2 aromatic rings. The van der Waals surface area contributed by atoms with Crippen LogP contribution in [0.4, 0.5) is 8.78 Å². The van der Waals surface area contributed by atoms with E-state index >= 15 is 0 Å². The summed E-state index contributed by atoms with van der Waals surface area (Å²) in [7, 11) is 1.62. The number of aliphatic imine (C=N–C) groups is 1. The number of nitrogens with zero attached hydrogens (tertiary/aromatic N) is 3. The number of guanidine groups is 1. The van der Waals surface area contributed by atoms with E-state index in [1.165, 1.54) is 12.4 Å². The summed E-state index contributed by atoms with van der Waals surface area (Å²) in [5.41, 5.74) is 1.11. The Kier molecular flexibility index (Phi) is 8.98. The van der Waals surface area contributed by atoms with Crippen molar-refractivity contribution in [1.29, 1.82) is 0 Å². The molecule has 0 saturated carbocycles. The van der Waals surface area contributed by atoms with E-state index in [1.807, 2.05) is 24.3 Å². The molecule has 132 valence electrons. The summed E-state index contributed by atoms with van der Waals surface area (Å²) < 4.78 is 26.3. The molecule has 0 atom stereocenters. The van der Waals surface area contributed by atoms with Gasteiger partial charge in [0.1, 0.15) is 5.82 Å². The van der Waals surface area contributed by atoms with Gasteiger partial charge in [-0.3, -0.25) is 9.56 Å². The van der Waals surface area contributed by atoms with Crippen molar-refractivity contribution in [3.63, 3.8) is 0 Å². The lowest BCUT2D eigenvalue weighted by molar-refractivity contribution is 0.0668. The minimum absolute atomic E-state index is 0. The van der Waals surface area contributed by atoms with Crippen LogP contribution in [0.3, 0.4) is 0 Å². The van der Waals surface area contributed by atoms with E-state index in [-0.39, 0.29) is 36.3 Å². The number of nitrogens with one attached hydrogen (secondary N) is 2. The fraction of sp³-hybridized carbons (Fsp3) is 0.333. The highest BCUT2D eigenvalue weighted by molar-refractivity contribution is 14.0. The van der Waals surface area contributed by atoms with Gasteiger partial charge in [-0.25, -0.2) is 4.98 Å². The average molecular weight is 470 g/mol. The minimum Gasteiger partial charge on any atom is -0.356 e. The van der Waals surface area contributed by atoms with E-state index in [2.05, 4.69) is 20.6 Å². The van der Waals surface area contributed by atoms with Crippen molar-refractivity contribution in [1.82, 2.24) is 20.2 Å². The number of aromatic nitrogens is 2. The van der Waals surface area contributed by atoms with Crippen molar-refractivity contribution >= 4 is 41.5 Å². The van der Waals surface area contributed by atoms with Gasteiger partial charge in [0.2, 0.25) is 0 Å². The van der Waals surface area contributed by atoms with Gasteiger partial charge in [-0.15, -0.1) is 24.0 Å². The van der Waals surface area contributed by atoms with Crippen LogP contribution in [0.2, 0.25) is 5.02 Å². The van der Waals surface area contributed by atoms with Crippen LogP contribution in [0.5, 0.6) is 0 Å². The lowest BCUT2D eigenvalue weighted by Gasteiger charge is -2.12. The average Bonchev–Trinajstić information content (AvgIpc) is 2.99. The number of imidazole rings is 1. The van der Waals surface area contributed by atoms with Crippen LogP contribution in [0.1, 0.15) is 17.9 Å². The van der Waals surface area contributed by atoms with E-state index in [0.717, 1.165) is 16.6 Å². The van der Waals surface area contributed by atoms with Crippen LogP contribution in [-0.4, -0.2) is 29.1 Å². The largest absolute Gasteiger partial charge is 0.356 e. The fourth-order valence-electron chi connectivity index (χ4n) is 2.06. The Hall–Kier alpha value is -1.42. The topological polar surface area (TPSA) is 54.2 Å². The fourth-order valence-corrected chi connectivity index (χ4v) is 2.27. The third kappa shape index (κ3) is 6.23. The van der Waals surface area contributed by atoms with Gasteiger partial charge >= 0.3 is 6.55 Å². The van der Waals surface area contributed by atoms with E-state index in [4.69, 9.17) is 11.6 Å². The first kappa shape index (κ1) is 20.6. The SMILES string of the molecule is CN=C(NCCc1cccc(Cl)c1)NCc1nccn1C(F)F.I. The van der Waals surface area contributed by atoms with Gasteiger partial charge in [0.15, 0.2) is 5.96 Å². The molecule has 0 spiro atoms. The van der Waals surface area contributed by atoms with Crippen LogP contribution in [0, 0.1) is 0 Å². The zero-order valence-electron chi connectivity index (χ0n) is 13.0. The number of benzene rings is 1. The Morgan fingerprint density at radius 2 is 2.17 bits per heavy atom. The lowest BCUT2D eigenvalue weighted by Crippen LogP contribution is -2.38. The number of hydrogen-bond donors (Lipinski definition) is 2. The summed E-state index contributed by atoms with van der Waals surface area (Å²) in [4.78, 5) is 7.96. The standard InChI is InChI=1S/C15H18ClF2N5.HI/c1-19-15(21-6-5-11-3-2-4-12(16)9-11)22-10-13-20-7-8-23(13)14(17)18;/h2-4,7-9,14H,5-6,10H2,1H3,(H2,19,21,22);1H. The van der Waals surface area contributed by atoms with Crippen molar-refractivity contribution in [3.8, 4) is 0 Å². The molecule has 9 heteroatoms. The normalized spacial score (nSPS) is 11.3. The molecule has 0 saturated heterocycles. The predicted molar refractivity (Wildman–Crippen MR) is 102 cm³/mol. The van der Waals surface area contributed by atoms with Gasteiger partial charge in [0.25, 0.3) is 0 Å². The number of rotatable bonds is 6. The first-order valence-corrected chi connectivity index (χ1v) is 7.46. The maximum atomic E-state index is 12.7. The van der Waals surface area contributed by atoms with Crippen molar-refractivity contribution in [2.75, 3.05) is 13.6 Å². The summed E-state index contributed by atoms with van der Waals surface area (Å²) in [6.07, 6.45) is 3.36. The van der Waals surface area contributed by atoms with Gasteiger partial charge in [0, 0.05) is 31.0 Å². The van der Waals surface area contributed by atoms with Crippen LogP contribution in [0.25, 0.3) is 0 Å². The number of alkyl halides is 2. The van der Waals surface area contributed by atoms with E-state index < -0.39 is 6.55 Å². The quantitative estimate of drug-likeness (QED) is 0.387. The molecular formula is C15H19ClF2IN5. The Balaban J connectivity index is 0.00000288. The second kappa shape index (κ2) is 10.4. The molecule has 24 heavy (non-hydrogen) atoms. The molecule has 5 nitrogen and oxygen atoms in total. The first-order chi connectivity index (χ1) is 11.1. The van der Waals surface area contributed by atoms with E-state index in [0.29, 0.717) is 17.5 Å². The van der Waals surface area contributed by atoms with Crippen LogP contribution in [-0.2, 0) is 13.0 Å². The first-order valence-electron chi connectivity index (χ1n) is 7.09. The summed E-state index contributed by atoms with van der Waals surface area (Å²) in [6.45, 7) is -1.80. The molecule has 2 N–H and O–H groups in total. The molecule has 1 heterocycles. The molecular weight excluding hydrogens is 451 g/mol. The van der Waals surface area contributed by atoms with Crippen LogP contribution in [0.15, 0.2) is 41.7 Å². The lowest BCUT2D eigenvalue weighted by atomic mass is 10.1. The molecule has 0 fully saturated rings. The van der Waals surface area contributed by atoms with E-state index in [1.54, 1.807) is 7.05 Å². The van der Waals surface area contributed by atoms with Gasteiger partial charge in [-0.1, -0.05) is 23.7 Å². The Morgan fingerprint density at radius 1 is 1.38 bits per heavy atom. The zero-order chi connectivity index (χ0) is 16.7. The maximum absolute atomic E-state index is 12.7.